The Bertz CT molecular complexity index is 1450. The van der Waals surface area contributed by atoms with Gasteiger partial charge in [-0.2, -0.15) is 0 Å². The lowest BCUT2D eigenvalue weighted by molar-refractivity contribution is 0.0781. The van der Waals surface area contributed by atoms with Gasteiger partial charge in [0, 0.05) is 55.1 Å². The van der Waals surface area contributed by atoms with Crippen molar-refractivity contribution in [3.8, 4) is 17.0 Å². The average molecular weight is 444 g/mol. The van der Waals surface area contributed by atoms with Crippen molar-refractivity contribution >= 4 is 17.4 Å². The molecule has 0 radical (unpaired) electrons. The van der Waals surface area contributed by atoms with E-state index in [0.29, 0.717) is 42.3 Å². The first-order chi connectivity index (χ1) is 16.0. The summed E-state index contributed by atoms with van der Waals surface area (Å²) in [6.45, 7) is 3.15. The van der Waals surface area contributed by atoms with Crippen molar-refractivity contribution in [1.29, 1.82) is 0 Å². The number of amides is 1. The van der Waals surface area contributed by atoms with E-state index in [4.69, 9.17) is 9.72 Å². The standard InChI is InChI=1S/C24H21FN6O2/c1-13-3-4-14-11-30(2)23(32)21-22-17(20(14)29-13)10-27-24(31(22)12-28-21)26-9-16-15-7-8-33-19(15)6-5-18(16)25/h3-6,10,12H,7-9,11H2,1-2H3,(H,26,27). The van der Waals surface area contributed by atoms with Gasteiger partial charge >= 0.3 is 0 Å². The van der Waals surface area contributed by atoms with Crippen LogP contribution in [-0.2, 0) is 19.5 Å². The number of carbonyl (C=O) groups excluding carboxylic acids is 1. The van der Waals surface area contributed by atoms with Gasteiger partial charge in [-0.05, 0) is 30.7 Å². The smallest absolute Gasteiger partial charge is 0.274 e. The summed E-state index contributed by atoms with van der Waals surface area (Å²) in [4.78, 5) is 28.5. The fourth-order valence-corrected chi connectivity index (χ4v) is 4.60. The summed E-state index contributed by atoms with van der Waals surface area (Å²) < 4.78 is 21.9. The van der Waals surface area contributed by atoms with E-state index in [9.17, 15) is 9.18 Å². The number of benzene rings is 1. The van der Waals surface area contributed by atoms with Crippen LogP contribution in [0.2, 0.25) is 0 Å². The number of anilines is 1. The van der Waals surface area contributed by atoms with E-state index < -0.39 is 0 Å². The van der Waals surface area contributed by atoms with Gasteiger partial charge < -0.3 is 15.0 Å². The number of pyridine rings is 1. The highest BCUT2D eigenvalue weighted by Crippen LogP contribution is 2.34. The number of aromatic nitrogens is 4. The molecule has 1 N–H and O–H groups in total. The molecule has 0 unspecified atom stereocenters. The van der Waals surface area contributed by atoms with Crippen LogP contribution in [-0.4, -0.2) is 43.8 Å². The van der Waals surface area contributed by atoms with E-state index in [1.54, 1.807) is 34.9 Å². The van der Waals surface area contributed by atoms with Crippen molar-refractivity contribution < 1.29 is 13.9 Å². The zero-order chi connectivity index (χ0) is 22.7. The van der Waals surface area contributed by atoms with Crippen molar-refractivity contribution in [1.82, 2.24) is 24.3 Å². The van der Waals surface area contributed by atoms with E-state index in [1.807, 2.05) is 19.1 Å². The van der Waals surface area contributed by atoms with Crippen molar-refractivity contribution in [3.05, 3.63) is 70.7 Å². The van der Waals surface area contributed by atoms with Crippen LogP contribution in [0.25, 0.3) is 16.8 Å². The van der Waals surface area contributed by atoms with Gasteiger partial charge in [0.2, 0.25) is 5.95 Å². The van der Waals surface area contributed by atoms with Gasteiger partial charge in [0.25, 0.3) is 5.91 Å². The first-order valence-corrected chi connectivity index (χ1v) is 10.8. The van der Waals surface area contributed by atoms with Gasteiger partial charge in [0.05, 0.1) is 17.8 Å². The van der Waals surface area contributed by atoms with Crippen LogP contribution in [0.1, 0.15) is 32.9 Å². The Labute approximate surface area is 189 Å². The summed E-state index contributed by atoms with van der Waals surface area (Å²) in [6, 6.07) is 7.02. The summed E-state index contributed by atoms with van der Waals surface area (Å²) in [5.41, 5.74) is 5.75. The third kappa shape index (κ3) is 3.03. The van der Waals surface area contributed by atoms with E-state index >= 15 is 0 Å². The van der Waals surface area contributed by atoms with Gasteiger partial charge in [0.1, 0.15) is 17.9 Å². The number of carbonyl (C=O) groups is 1. The second-order valence-corrected chi connectivity index (χ2v) is 8.38. The van der Waals surface area contributed by atoms with Crippen molar-refractivity contribution in [2.75, 3.05) is 19.0 Å². The van der Waals surface area contributed by atoms with Gasteiger partial charge in [-0.15, -0.1) is 0 Å². The first kappa shape index (κ1) is 19.7. The zero-order valence-corrected chi connectivity index (χ0v) is 18.2. The van der Waals surface area contributed by atoms with Crippen LogP contribution < -0.4 is 10.1 Å². The van der Waals surface area contributed by atoms with Crippen LogP contribution in [0.4, 0.5) is 10.3 Å². The van der Waals surface area contributed by atoms with Gasteiger partial charge in [-0.25, -0.2) is 14.4 Å². The molecule has 9 heteroatoms. The number of aryl methyl sites for hydroxylation is 1. The molecule has 0 fully saturated rings. The number of imidazole rings is 1. The Hall–Kier alpha value is -4.01. The molecule has 166 valence electrons. The highest BCUT2D eigenvalue weighted by Gasteiger charge is 2.28. The molecule has 6 rings (SSSR count). The number of halogens is 1. The molecule has 0 aliphatic carbocycles. The average Bonchev–Trinajstić information content (AvgIpc) is 3.46. The molecule has 4 aromatic rings. The van der Waals surface area contributed by atoms with E-state index in [2.05, 4.69) is 15.3 Å². The molecule has 0 spiro atoms. The molecular weight excluding hydrogens is 423 g/mol. The molecule has 33 heavy (non-hydrogen) atoms. The van der Waals surface area contributed by atoms with Crippen molar-refractivity contribution in [2.24, 2.45) is 0 Å². The number of ether oxygens (including phenoxy) is 1. The maximum absolute atomic E-state index is 14.6. The Kier molecular flexibility index (Phi) is 4.33. The van der Waals surface area contributed by atoms with Gasteiger partial charge in [0.15, 0.2) is 5.69 Å². The Morgan fingerprint density at radius 2 is 2.06 bits per heavy atom. The maximum Gasteiger partial charge on any atom is 0.274 e. The number of hydrogen-bond donors (Lipinski definition) is 1. The number of nitrogens with one attached hydrogen (secondary N) is 1. The number of rotatable bonds is 3. The van der Waals surface area contributed by atoms with Gasteiger partial charge in [-0.1, -0.05) is 6.07 Å². The number of nitrogens with zero attached hydrogens (tertiary/aromatic N) is 5. The molecule has 8 nitrogen and oxygen atoms in total. The Balaban J connectivity index is 1.47. The molecule has 0 saturated heterocycles. The van der Waals surface area contributed by atoms with Crippen LogP contribution in [0.5, 0.6) is 5.75 Å². The molecule has 2 aliphatic heterocycles. The topological polar surface area (TPSA) is 84.6 Å². The summed E-state index contributed by atoms with van der Waals surface area (Å²) in [6.07, 6.45) is 3.95. The van der Waals surface area contributed by atoms with Crippen LogP contribution >= 0.6 is 0 Å². The molecule has 1 amide bonds. The van der Waals surface area contributed by atoms with E-state index in [-0.39, 0.29) is 18.3 Å². The summed E-state index contributed by atoms with van der Waals surface area (Å²) in [7, 11) is 1.75. The molecule has 0 saturated carbocycles. The lowest BCUT2D eigenvalue weighted by Crippen LogP contribution is -2.28. The van der Waals surface area contributed by atoms with Crippen molar-refractivity contribution in [3.63, 3.8) is 0 Å². The van der Waals surface area contributed by atoms with E-state index in [1.165, 1.54) is 6.07 Å². The lowest BCUT2D eigenvalue weighted by atomic mass is 10.0. The van der Waals surface area contributed by atoms with Gasteiger partial charge in [-0.3, -0.25) is 14.2 Å². The van der Waals surface area contributed by atoms with Crippen molar-refractivity contribution in [2.45, 2.75) is 26.4 Å². The summed E-state index contributed by atoms with van der Waals surface area (Å²) in [5.74, 6) is 0.728. The summed E-state index contributed by atoms with van der Waals surface area (Å²) in [5, 5.41) is 3.23. The highest BCUT2D eigenvalue weighted by atomic mass is 19.1. The zero-order valence-electron chi connectivity index (χ0n) is 18.2. The predicted octanol–water partition coefficient (Wildman–Crippen LogP) is 3.37. The third-order valence-corrected chi connectivity index (χ3v) is 6.26. The minimum Gasteiger partial charge on any atom is -0.493 e. The highest BCUT2D eigenvalue weighted by molar-refractivity contribution is 6.04. The lowest BCUT2D eigenvalue weighted by Gasteiger charge is -2.22. The quantitative estimate of drug-likeness (QED) is 0.522. The predicted molar refractivity (Wildman–Crippen MR) is 120 cm³/mol. The third-order valence-electron chi connectivity index (χ3n) is 6.26. The summed E-state index contributed by atoms with van der Waals surface area (Å²) >= 11 is 0. The molecule has 5 heterocycles. The van der Waals surface area contributed by atoms with Crippen LogP contribution in [0, 0.1) is 12.7 Å². The number of fused-ring (bicyclic) bond motifs is 3. The fourth-order valence-electron chi connectivity index (χ4n) is 4.60. The Morgan fingerprint density at radius 1 is 1.18 bits per heavy atom. The molecule has 3 aromatic heterocycles. The molecule has 0 bridgehead atoms. The Morgan fingerprint density at radius 3 is 2.94 bits per heavy atom. The number of hydrogen-bond acceptors (Lipinski definition) is 6. The van der Waals surface area contributed by atoms with Crippen LogP contribution in [0.15, 0.2) is 36.8 Å². The maximum atomic E-state index is 14.6. The normalized spacial score (nSPS) is 14.5. The SMILES string of the molecule is Cc1ccc2c(n1)-c1cnc(NCc3c(F)ccc4c3CCO4)n3cnc(c13)C(=O)N(C)C2. The monoisotopic (exact) mass is 444 g/mol. The fraction of sp³-hybridized carbons (Fsp3) is 0.250. The second kappa shape index (κ2) is 7.26. The van der Waals surface area contributed by atoms with Crippen LogP contribution in [0.3, 0.4) is 0 Å². The second-order valence-electron chi connectivity index (χ2n) is 8.38. The molecular formula is C24H21FN6O2. The largest absolute Gasteiger partial charge is 0.493 e. The first-order valence-electron chi connectivity index (χ1n) is 10.8. The van der Waals surface area contributed by atoms with E-state index in [0.717, 1.165) is 33.8 Å². The molecule has 0 atom stereocenters. The minimum atomic E-state index is -0.286. The molecule has 1 aromatic carbocycles. The molecule has 2 aliphatic rings. The minimum absolute atomic E-state index is 0.175.